The number of sulfone groups is 1. The van der Waals surface area contributed by atoms with Gasteiger partial charge in [0.15, 0.2) is 15.5 Å². The number of nitrogens with one attached hydrogen (secondary N) is 1. The molecule has 1 amide bonds. The Bertz CT molecular complexity index is 951. The van der Waals surface area contributed by atoms with Crippen LogP contribution >= 0.6 is 11.6 Å². The van der Waals surface area contributed by atoms with Crippen molar-refractivity contribution in [2.75, 3.05) is 16.8 Å². The van der Waals surface area contributed by atoms with Crippen LogP contribution in [-0.2, 0) is 22.7 Å². The van der Waals surface area contributed by atoms with E-state index in [1.165, 1.54) is 0 Å². The van der Waals surface area contributed by atoms with Gasteiger partial charge in [-0.3, -0.25) is 9.48 Å². The van der Waals surface area contributed by atoms with Crippen LogP contribution in [0.15, 0.2) is 24.3 Å². The molecule has 1 fully saturated rings. The minimum atomic E-state index is -3.01. The molecule has 138 valence electrons. The highest BCUT2D eigenvalue weighted by Crippen LogP contribution is 2.31. The summed E-state index contributed by atoms with van der Waals surface area (Å²) in [7, 11) is -3.01. The molecule has 8 heteroatoms. The number of carbonyl (C=O) groups is 1. The van der Waals surface area contributed by atoms with Gasteiger partial charge in [-0.15, -0.1) is 0 Å². The van der Waals surface area contributed by atoms with Gasteiger partial charge >= 0.3 is 0 Å². The lowest BCUT2D eigenvalue weighted by atomic mass is 9.95. The van der Waals surface area contributed by atoms with Gasteiger partial charge in [-0.05, 0) is 56.4 Å². The first-order valence-corrected chi connectivity index (χ1v) is 11.0. The number of hydrogen-bond donors (Lipinski definition) is 1. The molecule has 2 heterocycles. The lowest BCUT2D eigenvalue weighted by Crippen LogP contribution is -2.17. The number of carbonyl (C=O) groups excluding carboxylic acids is 1. The van der Waals surface area contributed by atoms with Gasteiger partial charge in [-0.1, -0.05) is 11.6 Å². The second-order valence-electron chi connectivity index (χ2n) is 6.94. The van der Waals surface area contributed by atoms with Crippen molar-refractivity contribution in [1.82, 2.24) is 9.78 Å². The third kappa shape index (κ3) is 3.38. The summed E-state index contributed by atoms with van der Waals surface area (Å²) in [5.74, 6) is 0.0444. The number of rotatable bonds is 3. The summed E-state index contributed by atoms with van der Waals surface area (Å²) in [6.45, 7) is 0. The monoisotopic (exact) mass is 393 g/mol. The Hall–Kier alpha value is -1.86. The van der Waals surface area contributed by atoms with E-state index in [-0.39, 0.29) is 23.5 Å². The number of nitrogens with zero attached hydrogens (tertiary/aromatic N) is 2. The number of amides is 1. The van der Waals surface area contributed by atoms with E-state index in [9.17, 15) is 13.2 Å². The molecule has 26 heavy (non-hydrogen) atoms. The molecule has 1 atom stereocenters. The first-order valence-electron chi connectivity index (χ1n) is 8.80. The maximum absolute atomic E-state index is 12.8. The zero-order chi connectivity index (χ0) is 18.3. The van der Waals surface area contributed by atoms with Gasteiger partial charge in [0.1, 0.15) is 0 Å². The first-order chi connectivity index (χ1) is 12.4. The predicted molar refractivity (Wildman–Crippen MR) is 101 cm³/mol. The summed E-state index contributed by atoms with van der Waals surface area (Å²) in [5, 5.41) is 8.03. The number of aromatic nitrogens is 2. The van der Waals surface area contributed by atoms with E-state index in [0.29, 0.717) is 22.8 Å². The average Bonchev–Trinajstić information content (AvgIpc) is 3.17. The van der Waals surface area contributed by atoms with Gasteiger partial charge in [0.2, 0.25) is 0 Å². The fourth-order valence-corrected chi connectivity index (χ4v) is 5.62. The van der Waals surface area contributed by atoms with Gasteiger partial charge < -0.3 is 5.32 Å². The van der Waals surface area contributed by atoms with E-state index < -0.39 is 9.84 Å². The minimum Gasteiger partial charge on any atom is -0.321 e. The van der Waals surface area contributed by atoms with Crippen molar-refractivity contribution < 1.29 is 13.2 Å². The van der Waals surface area contributed by atoms with Crippen LogP contribution in [0.2, 0.25) is 5.02 Å². The normalized spacial score (nSPS) is 21.3. The highest BCUT2D eigenvalue weighted by Gasteiger charge is 2.34. The minimum absolute atomic E-state index is 0.110. The Labute approximate surface area is 157 Å². The molecule has 0 unspecified atom stereocenters. The zero-order valence-electron chi connectivity index (χ0n) is 14.2. The molecular formula is C18H20ClN3O3S. The fourth-order valence-electron chi connectivity index (χ4n) is 3.80. The van der Waals surface area contributed by atoms with E-state index in [4.69, 9.17) is 11.6 Å². The maximum atomic E-state index is 12.8. The first kappa shape index (κ1) is 17.5. The van der Waals surface area contributed by atoms with E-state index in [1.807, 2.05) is 4.68 Å². The SMILES string of the molecule is O=C(Nc1ccc(Cl)cc1)c1nn([C@H]2CCS(=O)(=O)C2)c2c1CCCC2. The molecule has 4 rings (SSSR count). The molecule has 1 saturated heterocycles. The summed E-state index contributed by atoms with van der Waals surface area (Å²) in [6, 6.07) is 6.76. The van der Waals surface area contributed by atoms with Gasteiger partial charge in [-0.2, -0.15) is 5.10 Å². The lowest BCUT2D eigenvalue weighted by Gasteiger charge is -2.17. The standard InChI is InChI=1S/C18H20ClN3O3S/c19-12-5-7-13(8-6-12)20-18(23)17-15-3-1-2-4-16(15)22(21-17)14-9-10-26(24,25)11-14/h5-8,14H,1-4,9-11H2,(H,20,23)/t14-/m0/s1. The smallest absolute Gasteiger partial charge is 0.276 e. The second kappa shape index (κ2) is 6.70. The highest BCUT2D eigenvalue weighted by atomic mass is 35.5. The van der Waals surface area contributed by atoms with Crippen LogP contribution in [0.3, 0.4) is 0 Å². The molecule has 6 nitrogen and oxygen atoms in total. The van der Waals surface area contributed by atoms with Crippen LogP contribution in [0.1, 0.15) is 47.1 Å². The third-order valence-corrected chi connectivity index (χ3v) is 7.08. The summed E-state index contributed by atoms with van der Waals surface area (Å²) >= 11 is 5.88. The van der Waals surface area contributed by atoms with Crippen molar-refractivity contribution in [3.63, 3.8) is 0 Å². The topological polar surface area (TPSA) is 81.1 Å². The highest BCUT2D eigenvalue weighted by molar-refractivity contribution is 7.91. The summed E-state index contributed by atoms with van der Waals surface area (Å²) < 4.78 is 25.5. The van der Waals surface area contributed by atoms with Crippen molar-refractivity contribution in [3.05, 3.63) is 46.2 Å². The number of fused-ring (bicyclic) bond motifs is 1. The predicted octanol–water partition coefficient (Wildman–Crippen LogP) is 3.03. The maximum Gasteiger partial charge on any atom is 0.276 e. The molecule has 1 aromatic heterocycles. The van der Waals surface area contributed by atoms with Crippen LogP contribution in [-0.4, -0.2) is 35.6 Å². The number of benzene rings is 1. The van der Waals surface area contributed by atoms with Crippen LogP contribution < -0.4 is 5.32 Å². The number of hydrogen-bond acceptors (Lipinski definition) is 4. The molecule has 0 spiro atoms. The molecule has 1 aromatic carbocycles. The number of halogens is 1. The third-order valence-electron chi connectivity index (χ3n) is 5.08. The largest absolute Gasteiger partial charge is 0.321 e. The van der Waals surface area contributed by atoms with Gasteiger partial charge in [0.25, 0.3) is 5.91 Å². The molecular weight excluding hydrogens is 374 g/mol. The van der Waals surface area contributed by atoms with Crippen molar-refractivity contribution in [3.8, 4) is 0 Å². The van der Waals surface area contributed by atoms with Gasteiger partial charge in [-0.25, -0.2) is 8.42 Å². The Morgan fingerprint density at radius 2 is 1.92 bits per heavy atom. The molecule has 0 saturated carbocycles. The Balaban J connectivity index is 1.65. The van der Waals surface area contributed by atoms with Gasteiger partial charge in [0, 0.05) is 22.0 Å². The summed E-state index contributed by atoms with van der Waals surface area (Å²) in [6.07, 6.45) is 4.26. The van der Waals surface area contributed by atoms with Crippen LogP contribution in [0.25, 0.3) is 0 Å². The quantitative estimate of drug-likeness (QED) is 0.869. The Kier molecular flexibility index (Phi) is 4.52. The molecule has 1 aliphatic heterocycles. The van der Waals surface area contributed by atoms with Gasteiger partial charge in [0.05, 0.1) is 17.5 Å². The molecule has 0 bridgehead atoms. The molecule has 2 aliphatic rings. The van der Waals surface area contributed by atoms with E-state index >= 15 is 0 Å². The number of anilines is 1. The second-order valence-corrected chi connectivity index (χ2v) is 9.61. The average molecular weight is 394 g/mol. The van der Waals surface area contributed by atoms with E-state index in [0.717, 1.165) is 36.9 Å². The summed E-state index contributed by atoms with van der Waals surface area (Å²) in [5.41, 5.74) is 3.06. The zero-order valence-corrected chi connectivity index (χ0v) is 15.8. The van der Waals surface area contributed by atoms with E-state index in [1.54, 1.807) is 24.3 Å². The summed E-state index contributed by atoms with van der Waals surface area (Å²) in [4.78, 5) is 12.8. The van der Waals surface area contributed by atoms with Crippen LogP contribution in [0, 0.1) is 0 Å². The van der Waals surface area contributed by atoms with E-state index in [2.05, 4.69) is 10.4 Å². The lowest BCUT2D eigenvalue weighted by molar-refractivity contribution is 0.102. The van der Waals surface area contributed by atoms with Crippen molar-refractivity contribution in [2.45, 2.75) is 38.1 Å². The van der Waals surface area contributed by atoms with Crippen molar-refractivity contribution >= 4 is 33.0 Å². The van der Waals surface area contributed by atoms with Crippen molar-refractivity contribution in [1.29, 1.82) is 0 Å². The van der Waals surface area contributed by atoms with Crippen molar-refractivity contribution in [2.24, 2.45) is 0 Å². The molecule has 0 radical (unpaired) electrons. The molecule has 2 aromatic rings. The van der Waals surface area contributed by atoms with Crippen LogP contribution in [0.4, 0.5) is 5.69 Å². The Morgan fingerprint density at radius 1 is 1.19 bits per heavy atom. The molecule has 1 aliphatic carbocycles. The fraction of sp³-hybridized carbons (Fsp3) is 0.444. The Morgan fingerprint density at radius 3 is 2.62 bits per heavy atom. The molecule has 1 N–H and O–H groups in total. The van der Waals surface area contributed by atoms with Crippen LogP contribution in [0.5, 0.6) is 0 Å².